The molecule has 1 fully saturated rings. The lowest BCUT2D eigenvalue weighted by atomic mass is 9.82. The maximum Gasteiger partial charge on any atom is 0.255 e. The average molecular weight is 497 g/mol. The maximum atomic E-state index is 13.6. The summed E-state index contributed by atoms with van der Waals surface area (Å²) in [6.07, 6.45) is 0. The van der Waals surface area contributed by atoms with Gasteiger partial charge in [-0.05, 0) is 38.2 Å². The van der Waals surface area contributed by atoms with Crippen LogP contribution >= 0.6 is 0 Å². The Kier molecular flexibility index (Phi) is 6.69. The highest BCUT2D eigenvalue weighted by Gasteiger charge is 2.33. The van der Waals surface area contributed by atoms with E-state index in [0.29, 0.717) is 11.1 Å². The van der Waals surface area contributed by atoms with Gasteiger partial charge in [-0.25, -0.2) is 0 Å². The maximum absolute atomic E-state index is 13.6. The third kappa shape index (κ3) is 4.94. The summed E-state index contributed by atoms with van der Waals surface area (Å²) in [5, 5.41) is 5.70. The van der Waals surface area contributed by atoms with E-state index in [2.05, 4.69) is 20.4 Å². The number of nitrogens with one attached hydrogen (secondary N) is 2. The molecule has 0 aromatic heterocycles. The molecule has 2 aliphatic rings. The largest absolute Gasteiger partial charge is 0.323 e. The van der Waals surface area contributed by atoms with Gasteiger partial charge in [0.05, 0.1) is 23.5 Å². The van der Waals surface area contributed by atoms with E-state index >= 15 is 0 Å². The summed E-state index contributed by atoms with van der Waals surface area (Å²) in [7, 11) is 2.05. The molecular formula is C29H28N4O4. The highest BCUT2D eigenvalue weighted by atomic mass is 16.2. The van der Waals surface area contributed by atoms with Gasteiger partial charge in [0.25, 0.3) is 5.91 Å². The molecule has 37 heavy (non-hydrogen) atoms. The molecule has 8 nitrogen and oxygen atoms in total. The topological polar surface area (TPSA) is 98.8 Å². The molecule has 5 rings (SSSR count). The highest BCUT2D eigenvalue weighted by Crippen LogP contribution is 2.37. The Balaban J connectivity index is 1.51. The number of nitrogens with zero attached hydrogens (tertiary/aromatic N) is 2. The Bertz CT molecular complexity index is 1410. The van der Waals surface area contributed by atoms with E-state index in [9.17, 15) is 19.2 Å². The smallest absolute Gasteiger partial charge is 0.255 e. The molecule has 0 bridgehead atoms. The number of fused-ring (bicyclic) bond motifs is 2. The Morgan fingerprint density at radius 1 is 0.784 bits per heavy atom. The van der Waals surface area contributed by atoms with Crippen LogP contribution in [0.2, 0.25) is 0 Å². The van der Waals surface area contributed by atoms with Crippen LogP contribution in [0.3, 0.4) is 0 Å². The first-order valence-corrected chi connectivity index (χ1v) is 12.3. The molecule has 2 N–H and O–H groups in total. The van der Waals surface area contributed by atoms with Crippen LogP contribution in [-0.2, 0) is 4.79 Å². The van der Waals surface area contributed by atoms with Crippen LogP contribution in [0.15, 0.2) is 60.7 Å². The fourth-order valence-corrected chi connectivity index (χ4v) is 4.71. The lowest BCUT2D eigenvalue weighted by Gasteiger charge is -2.31. The van der Waals surface area contributed by atoms with Gasteiger partial charge in [0.2, 0.25) is 5.91 Å². The standard InChI is InChI=1S/C29H28N4O4/c1-18-7-9-19(10-8-18)29(37)31-26-23(30-24(34)17-33-15-13-32(2)14-16-33)12-11-22-25(26)28(36)21-6-4-3-5-20(21)27(22)35/h3-12H,13-17H2,1-2H3,(H,30,34)(H,31,37). The first-order chi connectivity index (χ1) is 17.8. The lowest BCUT2D eigenvalue weighted by molar-refractivity contribution is -0.117. The van der Waals surface area contributed by atoms with Crippen molar-refractivity contribution >= 4 is 34.8 Å². The minimum absolute atomic E-state index is 0.0848. The van der Waals surface area contributed by atoms with Crippen LogP contribution < -0.4 is 10.6 Å². The van der Waals surface area contributed by atoms with E-state index in [1.165, 1.54) is 0 Å². The number of likely N-dealkylation sites (N-methyl/N-ethyl adjacent to an activating group) is 1. The molecule has 3 aromatic rings. The number of anilines is 2. The number of ketones is 2. The van der Waals surface area contributed by atoms with Crippen LogP contribution in [0.1, 0.15) is 47.8 Å². The van der Waals surface area contributed by atoms with Crippen molar-refractivity contribution < 1.29 is 19.2 Å². The quantitative estimate of drug-likeness (QED) is 0.440. The van der Waals surface area contributed by atoms with Gasteiger partial charge >= 0.3 is 0 Å². The fourth-order valence-electron chi connectivity index (χ4n) is 4.71. The number of rotatable bonds is 5. The van der Waals surface area contributed by atoms with Crippen molar-refractivity contribution in [1.29, 1.82) is 0 Å². The predicted octanol–water partition coefficient (Wildman–Crippen LogP) is 3.21. The molecule has 1 saturated heterocycles. The van der Waals surface area contributed by atoms with Crippen LogP contribution in [0.4, 0.5) is 11.4 Å². The third-order valence-corrected chi connectivity index (χ3v) is 6.88. The number of hydrogen-bond acceptors (Lipinski definition) is 6. The third-order valence-electron chi connectivity index (χ3n) is 6.88. The summed E-state index contributed by atoms with van der Waals surface area (Å²) in [6.45, 7) is 5.40. The van der Waals surface area contributed by atoms with Crippen LogP contribution in [-0.4, -0.2) is 73.0 Å². The second-order valence-electron chi connectivity index (χ2n) is 9.56. The van der Waals surface area contributed by atoms with Gasteiger partial charge in [-0.3, -0.25) is 24.1 Å². The van der Waals surface area contributed by atoms with E-state index in [1.807, 2.05) is 26.1 Å². The minimum atomic E-state index is -0.443. The van der Waals surface area contributed by atoms with Gasteiger partial charge in [0.15, 0.2) is 11.6 Å². The molecule has 1 heterocycles. The van der Waals surface area contributed by atoms with Crippen molar-refractivity contribution in [3.63, 3.8) is 0 Å². The van der Waals surface area contributed by atoms with Gasteiger partial charge in [-0.2, -0.15) is 0 Å². The van der Waals surface area contributed by atoms with Crippen LogP contribution in [0.25, 0.3) is 0 Å². The molecule has 3 aromatic carbocycles. The molecule has 2 amide bonds. The second-order valence-corrected chi connectivity index (χ2v) is 9.56. The molecule has 0 unspecified atom stereocenters. The molecule has 188 valence electrons. The van der Waals surface area contributed by atoms with Crippen LogP contribution in [0, 0.1) is 6.92 Å². The number of piperazine rings is 1. The highest BCUT2D eigenvalue weighted by molar-refractivity contribution is 6.31. The van der Waals surface area contributed by atoms with E-state index in [-0.39, 0.29) is 52.1 Å². The van der Waals surface area contributed by atoms with Crippen molar-refractivity contribution in [3.05, 3.63) is 94.0 Å². The van der Waals surface area contributed by atoms with Crippen molar-refractivity contribution in [2.24, 2.45) is 0 Å². The molecule has 1 aliphatic carbocycles. The predicted molar refractivity (Wildman–Crippen MR) is 141 cm³/mol. The Hall–Kier alpha value is -4.14. The SMILES string of the molecule is Cc1ccc(C(=O)Nc2c(NC(=O)CN3CCN(C)CC3)ccc3c2C(=O)c2ccccc2C3=O)cc1. The summed E-state index contributed by atoms with van der Waals surface area (Å²) >= 11 is 0. The Morgan fingerprint density at radius 3 is 2.11 bits per heavy atom. The number of amides is 2. The number of carbonyl (C=O) groups is 4. The molecule has 8 heteroatoms. The summed E-state index contributed by atoms with van der Waals surface area (Å²) in [4.78, 5) is 57.3. The van der Waals surface area contributed by atoms with Crippen molar-refractivity contribution in [3.8, 4) is 0 Å². The Morgan fingerprint density at radius 2 is 1.43 bits per heavy atom. The number of hydrogen-bond donors (Lipinski definition) is 2. The van der Waals surface area contributed by atoms with E-state index in [4.69, 9.17) is 0 Å². The van der Waals surface area contributed by atoms with Crippen molar-refractivity contribution in [2.75, 3.05) is 50.4 Å². The molecule has 1 aliphatic heterocycles. The summed E-state index contributed by atoms with van der Waals surface area (Å²) in [5.41, 5.74) is 2.67. The number of carbonyl (C=O) groups excluding carboxylic acids is 4. The van der Waals surface area contributed by atoms with E-state index in [1.54, 1.807) is 48.5 Å². The minimum Gasteiger partial charge on any atom is -0.323 e. The lowest BCUT2D eigenvalue weighted by Crippen LogP contribution is -2.47. The van der Waals surface area contributed by atoms with E-state index in [0.717, 1.165) is 31.7 Å². The zero-order valence-corrected chi connectivity index (χ0v) is 20.8. The van der Waals surface area contributed by atoms with Crippen LogP contribution in [0.5, 0.6) is 0 Å². The molecular weight excluding hydrogens is 468 g/mol. The van der Waals surface area contributed by atoms with Gasteiger partial charge < -0.3 is 15.5 Å². The number of benzene rings is 3. The molecule has 0 radical (unpaired) electrons. The zero-order chi connectivity index (χ0) is 26.1. The number of aryl methyl sites for hydroxylation is 1. The average Bonchev–Trinajstić information content (AvgIpc) is 2.89. The van der Waals surface area contributed by atoms with Gasteiger partial charge in [0.1, 0.15) is 0 Å². The first-order valence-electron chi connectivity index (χ1n) is 12.3. The zero-order valence-electron chi connectivity index (χ0n) is 20.8. The summed E-state index contributed by atoms with van der Waals surface area (Å²) in [5.74, 6) is -1.38. The fraction of sp³-hybridized carbons (Fsp3) is 0.241. The Labute approximate surface area is 215 Å². The molecule has 0 saturated carbocycles. The van der Waals surface area contributed by atoms with Crippen molar-refractivity contribution in [1.82, 2.24) is 9.80 Å². The van der Waals surface area contributed by atoms with E-state index < -0.39 is 5.91 Å². The van der Waals surface area contributed by atoms with Gasteiger partial charge in [-0.1, -0.05) is 42.0 Å². The normalized spacial score (nSPS) is 15.6. The summed E-state index contributed by atoms with van der Waals surface area (Å²) in [6, 6.07) is 16.8. The monoisotopic (exact) mass is 496 g/mol. The van der Waals surface area contributed by atoms with Gasteiger partial charge in [-0.15, -0.1) is 0 Å². The molecule has 0 spiro atoms. The van der Waals surface area contributed by atoms with Gasteiger partial charge in [0, 0.05) is 48.4 Å². The summed E-state index contributed by atoms with van der Waals surface area (Å²) < 4.78 is 0. The second kappa shape index (κ2) is 10.1. The first kappa shape index (κ1) is 24.5. The molecule has 0 atom stereocenters. The van der Waals surface area contributed by atoms with Crippen molar-refractivity contribution in [2.45, 2.75) is 6.92 Å².